The van der Waals surface area contributed by atoms with Crippen molar-refractivity contribution >= 4 is 17.7 Å². The topological polar surface area (TPSA) is 101 Å². The van der Waals surface area contributed by atoms with Gasteiger partial charge in [0.1, 0.15) is 5.56 Å². The Labute approximate surface area is 152 Å². The quantitative estimate of drug-likeness (QED) is 0.713. The van der Waals surface area contributed by atoms with Crippen molar-refractivity contribution in [3.63, 3.8) is 0 Å². The van der Waals surface area contributed by atoms with E-state index in [1.807, 2.05) is 6.92 Å². The molecule has 0 unspecified atom stereocenters. The number of hydrogen-bond donors (Lipinski definition) is 2. The highest BCUT2D eigenvalue weighted by molar-refractivity contribution is 6.35. The average molecular weight is 362 g/mol. The third-order valence-electron chi connectivity index (χ3n) is 4.55. The van der Waals surface area contributed by atoms with Gasteiger partial charge in [-0.15, -0.1) is 0 Å². The Morgan fingerprint density at radius 3 is 2.46 bits per heavy atom. The number of carbonyl (C=O) groups is 3. The number of hydrogen-bond acceptors (Lipinski definition) is 4. The molecule has 1 saturated heterocycles. The zero-order chi connectivity index (χ0) is 19.1. The highest BCUT2D eigenvalue weighted by Crippen LogP contribution is 2.17. The minimum Gasteiger partial charge on any atom is -0.348 e. The van der Waals surface area contributed by atoms with Crippen LogP contribution in [-0.2, 0) is 16.6 Å². The fraction of sp³-hybridized carbons (Fsp3) is 0.556. The van der Waals surface area contributed by atoms with Crippen LogP contribution in [0.4, 0.5) is 0 Å². The van der Waals surface area contributed by atoms with Crippen LogP contribution in [0.1, 0.15) is 36.5 Å². The van der Waals surface area contributed by atoms with Gasteiger partial charge in [0.25, 0.3) is 11.5 Å². The molecule has 2 N–H and O–H groups in total. The highest BCUT2D eigenvalue weighted by Gasteiger charge is 2.26. The summed E-state index contributed by atoms with van der Waals surface area (Å²) in [6.45, 7) is 3.86. The fourth-order valence-electron chi connectivity index (χ4n) is 2.91. The van der Waals surface area contributed by atoms with Crippen molar-refractivity contribution in [2.45, 2.75) is 26.2 Å². The van der Waals surface area contributed by atoms with Crippen molar-refractivity contribution in [3.05, 3.63) is 34.2 Å². The molecule has 2 rings (SSSR count). The van der Waals surface area contributed by atoms with Crippen LogP contribution >= 0.6 is 0 Å². The SMILES string of the molecule is CCCNC(=O)C(=O)NCC1CCN(C(=O)c2cccn(C)c2=O)CC1. The molecule has 1 fully saturated rings. The number of carbonyl (C=O) groups excluding carboxylic acids is 3. The number of rotatable bonds is 5. The van der Waals surface area contributed by atoms with Crippen LogP contribution in [0.15, 0.2) is 23.1 Å². The Hall–Kier alpha value is -2.64. The van der Waals surface area contributed by atoms with E-state index in [0.29, 0.717) is 26.2 Å². The second-order valence-corrected chi connectivity index (χ2v) is 6.54. The molecule has 1 aromatic rings. The number of piperidine rings is 1. The molecule has 1 aliphatic heterocycles. The molecule has 0 aromatic carbocycles. The van der Waals surface area contributed by atoms with E-state index >= 15 is 0 Å². The minimum atomic E-state index is -0.621. The third-order valence-corrected chi connectivity index (χ3v) is 4.55. The molecule has 8 heteroatoms. The van der Waals surface area contributed by atoms with E-state index in [9.17, 15) is 19.2 Å². The van der Waals surface area contributed by atoms with Crippen LogP contribution in [0.3, 0.4) is 0 Å². The Morgan fingerprint density at radius 1 is 1.15 bits per heavy atom. The Bertz CT molecular complexity index is 720. The van der Waals surface area contributed by atoms with Crippen LogP contribution in [0, 0.1) is 5.92 Å². The molecule has 2 heterocycles. The van der Waals surface area contributed by atoms with Crippen molar-refractivity contribution in [2.24, 2.45) is 13.0 Å². The lowest BCUT2D eigenvalue weighted by atomic mass is 9.96. The van der Waals surface area contributed by atoms with Gasteiger partial charge in [-0.3, -0.25) is 19.2 Å². The maximum atomic E-state index is 12.5. The molecular weight excluding hydrogens is 336 g/mol. The summed E-state index contributed by atoms with van der Waals surface area (Å²) in [5.41, 5.74) is -0.126. The van der Waals surface area contributed by atoms with Crippen molar-refractivity contribution in [1.29, 1.82) is 0 Å². The number of pyridine rings is 1. The van der Waals surface area contributed by atoms with E-state index in [1.165, 1.54) is 4.57 Å². The molecule has 0 spiro atoms. The number of nitrogens with one attached hydrogen (secondary N) is 2. The predicted molar refractivity (Wildman–Crippen MR) is 96.6 cm³/mol. The zero-order valence-corrected chi connectivity index (χ0v) is 15.3. The van der Waals surface area contributed by atoms with Gasteiger partial charge in [0.05, 0.1) is 0 Å². The molecule has 0 radical (unpaired) electrons. The maximum absolute atomic E-state index is 12.5. The van der Waals surface area contributed by atoms with Gasteiger partial charge in [0.15, 0.2) is 0 Å². The molecule has 1 aliphatic rings. The van der Waals surface area contributed by atoms with Gasteiger partial charge < -0.3 is 20.1 Å². The summed E-state index contributed by atoms with van der Waals surface area (Å²) in [6.07, 6.45) is 3.83. The first kappa shape index (κ1) is 19.7. The number of aromatic nitrogens is 1. The van der Waals surface area contributed by atoms with E-state index in [0.717, 1.165) is 19.3 Å². The monoisotopic (exact) mass is 362 g/mol. The summed E-state index contributed by atoms with van der Waals surface area (Å²) >= 11 is 0. The zero-order valence-electron chi connectivity index (χ0n) is 15.3. The Balaban J connectivity index is 1.81. The van der Waals surface area contributed by atoms with Crippen LogP contribution in [0.5, 0.6) is 0 Å². The number of aryl methyl sites for hydroxylation is 1. The summed E-state index contributed by atoms with van der Waals surface area (Å²) in [4.78, 5) is 49.5. The first-order valence-electron chi connectivity index (χ1n) is 8.95. The van der Waals surface area contributed by atoms with Gasteiger partial charge in [-0.2, -0.15) is 0 Å². The second kappa shape index (κ2) is 9.17. The highest BCUT2D eigenvalue weighted by atomic mass is 16.2. The first-order chi connectivity index (χ1) is 12.4. The van der Waals surface area contributed by atoms with Gasteiger partial charge in [0.2, 0.25) is 0 Å². The average Bonchev–Trinajstić information content (AvgIpc) is 2.66. The minimum absolute atomic E-state index is 0.175. The van der Waals surface area contributed by atoms with Crippen LogP contribution in [0.25, 0.3) is 0 Å². The summed E-state index contributed by atoms with van der Waals surface area (Å²) in [5, 5.41) is 5.18. The molecule has 0 saturated carbocycles. The normalized spacial score (nSPS) is 14.8. The van der Waals surface area contributed by atoms with E-state index in [4.69, 9.17) is 0 Å². The molecule has 3 amide bonds. The molecule has 142 valence electrons. The summed E-state index contributed by atoms with van der Waals surface area (Å²) in [5.74, 6) is -1.28. The van der Waals surface area contributed by atoms with Crippen molar-refractivity contribution in [1.82, 2.24) is 20.1 Å². The van der Waals surface area contributed by atoms with E-state index in [2.05, 4.69) is 10.6 Å². The first-order valence-corrected chi connectivity index (χ1v) is 8.95. The van der Waals surface area contributed by atoms with Gasteiger partial charge in [0, 0.05) is 39.4 Å². The van der Waals surface area contributed by atoms with Gasteiger partial charge >= 0.3 is 11.8 Å². The second-order valence-electron chi connectivity index (χ2n) is 6.54. The number of nitrogens with zero attached hydrogens (tertiary/aromatic N) is 2. The van der Waals surface area contributed by atoms with Crippen molar-refractivity contribution in [3.8, 4) is 0 Å². The van der Waals surface area contributed by atoms with E-state index in [1.54, 1.807) is 30.3 Å². The fourth-order valence-corrected chi connectivity index (χ4v) is 2.91. The lowest BCUT2D eigenvalue weighted by Crippen LogP contribution is -2.45. The van der Waals surface area contributed by atoms with Crippen LogP contribution < -0.4 is 16.2 Å². The molecule has 0 bridgehead atoms. The van der Waals surface area contributed by atoms with Gasteiger partial charge in [-0.05, 0) is 37.3 Å². The summed E-state index contributed by atoms with van der Waals surface area (Å²) in [6, 6.07) is 3.23. The molecule has 8 nitrogen and oxygen atoms in total. The molecule has 0 atom stereocenters. The molecular formula is C18H26N4O4. The standard InChI is InChI=1S/C18H26N4O4/c1-3-8-19-15(23)16(24)20-12-13-6-10-22(11-7-13)18(26)14-5-4-9-21(2)17(14)25/h4-5,9,13H,3,6-8,10-12H2,1-2H3,(H,19,23)(H,20,24). The van der Waals surface area contributed by atoms with Crippen molar-refractivity contribution in [2.75, 3.05) is 26.2 Å². The molecule has 26 heavy (non-hydrogen) atoms. The lowest BCUT2D eigenvalue weighted by molar-refractivity contribution is -0.139. The summed E-state index contributed by atoms with van der Waals surface area (Å²) < 4.78 is 1.39. The number of amides is 3. The third kappa shape index (κ3) is 4.93. The number of likely N-dealkylation sites (tertiary alicyclic amines) is 1. The Morgan fingerprint density at radius 2 is 1.81 bits per heavy atom. The lowest BCUT2D eigenvalue weighted by Gasteiger charge is -2.32. The maximum Gasteiger partial charge on any atom is 0.309 e. The largest absolute Gasteiger partial charge is 0.348 e. The van der Waals surface area contributed by atoms with Gasteiger partial charge in [-0.1, -0.05) is 6.92 Å². The van der Waals surface area contributed by atoms with E-state index < -0.39 is 11.8 Å². The predicted octanol–water partition coefficient (Wildman–Crippen LogP) is -0.120. The Kier molecular flexibility index (Phi) is 6.94. The smallest absolute Gasteiger partial charge is 0.309 e. The van der Waals surface area contributed by atoms with Crippen molar-refractivity contribution < 1.29 is 14.4 Å². The summed E-state index contributed by atoms with van der Waals surface area (Å²) in [7, 11) is 1.62. The van der Waals surface area contributed by atoms with E-state index in [-0.39, 0.29) is 22.9 Å². The van der Waals surface area contributed by atoms with Crippen LogP contribution in [0.2, 0.25) is 0 Å². The van der Waals surface area contributed by atoms with Gasteiger partial charge in [-0.25, -0.2) is 0 Å². The van der Waals surface area contributed by atoms with Crippen LogP contribution in [-0.4, -0.2) is 53.4 Å². The molecule has 1 aromatic heterocycles. The molecule has 0 aliphatic carbocycles.